The molecule has 3 N–H and O–H groups in total. The average Bonchev–Trinajstić information content (AvgIpc) is 2.66. The summed E-state index contributed by atoms with van der Waals surface area (Å²) in [6.07, 6.45) is 2.50. The number of H-pyrrole nitrogens is 1. The van der Waals surface area contributed by atoms with E-state index in [9.17, 15) is 0 Å². The van der Waals surface area contributed by atoms with Crippen LogP contribution in [0.3, 0.4) is 0 Å². The summed E-state index contributed by atoms with van der Waals surface area (Å²) in [5, 5.41) is 7.14. The molecule has 1 aromatic rings. The molecule has 0 saturated carbocycles. The Hall–Kier alpha value is -0.790. The first-order chi connectivity index (χ1) is 8.58. The lowest BCUT2D eigenvalue weighted by molar-refractivity contribution is 0.270. The molecule has 6 heteroatoms. The molecule has 1 saturated heterocycles. The van der Waals surface area contributed by atoms with Crippen LogP contribution in [0.2, 0.25) is 0 Å². The molecule has 2 rings (SSSR count). The van der Waals surface area contributed by atoms with Gasteiger partial charge in [-0.25, -0.2) is 4.99 Å². The molecule has 1 unspecified atom stereocenters. The van der Waals surface area contributed by atoms with Gasteiger partial charge in [-0.1, -0.05) is 6.92 Å². The predicted molar refractivity (Wildman–Crippen MR) is 88.8 cm³/mol. The highest BCUT2D eigenvalue weighted by atomic mass is 127. The quantitative estimate of drug-likeness (QED) is 0.472. The van der Waals surface area contributed by atoms with Crippen molar-refractivity contribution in [3.05, 3.63) is 17.0 Å². The zero-order chi connectivity index (χ0) is 13.1. The van der Waals surface area contributed by atoms with Crippen molar-refractivity contribution in [1.82, 2.24) is 15.1 Å². The van der Waals surface area contributed by atoms with Crippen molar-refractivity contribution in [2.75, 3.05) is 13.1 Å². The standard InChI is InChI=1S/C13H23N5.HI/c1-9-5-4-6-18(8-9)13(14)15-7-12-10(2)16-17-11(12)3;/h9H,4-8H2,1-3H3,(H2,14,15)(H,16,17);1H. The molecule has 19 heavy (non-hydrogen) atoms. The Balaban J connectivity index is 0.00000180. The first kappa shape index (κ1) is 16.3. The van der Waals surface area contributed by atoms with Gasteiger partial charge in [0, 0.05) is 24.3 Å². The second kappa shape index (κ2) is 7.12. The number of nitrogens with one attached hydrogen (secondary N) is 1. The van der Waals surface area contributed by atoms with Crippen molar-refractivity contribution in [1.29, 1.82) is 0 Å². The van der Waals surface area contributed by atoms with Gasteiger partial charge in [0.2, 0.25) is 0 Å². The SMILES string of the molecule is Cc1n[nH]c(C)c1CN=C(N)N1CCCC(C)C1.I. The summed E-state index contributed by atoms with van der Waals surface area (Å²) in [6, 6.07) is 0. The molecule has 0 aliphatic carbocycles. The van der Waals surface area contributed by atoms with E-state index >= 15 is 0 Å². The number of halogens is 1. The summed E-state index contributed by atoms with van der Waals surface area (Å²) in [5.41, 5.74) is 9.32. The minimum absolute atomic E-state index is 0. The molecule has 5 nitrogen and oxygen atoms in total. The van der Waals surface area contributed by atoms with Crippen LogP contribution < -0.4 is 5.73 Å². The van der Waals surface area contributed by atoms with Crippen LogP contribution in [0.25, 0.3) is 0 Å². The van der Waals surface area contributed by atoms with E-state index < -0.39 is 0 Å². The lowest BCUT2D eigenvalue weighted by Crippen LogP contribution is -2.43. The maximum absolute atomic E-state index is 6.07. The van der Waals surface area contributed by atoms with Gasteiger partial charge in [-0.2, -0.15) is 5.10 Å². The summed E-state index contributed by atoms with van der Waals surface area (Å²) < 4.78 is 0. The molecular weight excluding hydrogens is 353 g/mol. The van der Waals surface area contributed by atoms with E-state index in [-0.39, 0.29) is 24.0 Å². The third-order valence-electron chi connectivity index (χ3n) is 3.66. The normalized spacial score (nSPS) is 20.3. The van der Waals surface area contributed by atoms with Gasteiger partial charge < -0.3 is 10.6 Å². The molecule has 0 amide bonds. The summed E-state index contributed by atoms with van der Waals surface area (Å²) >= 11 is 0. The van der Waals surface area contributed by atoms with Crippen molar-refractivity contribution < 1.29 is 0 Å². The van der Waals surface area contributed by atoms with Crippen LogP contribution in [-0.4, -0.2) is 34.1 Å². The van der Waals surface area contributed by atoms with E-state index in [2.05, 4.69) is 27.0 Å². The molecule has 0 spiro atoms. The van der Waals surface area contributed by atoms with Crippen LogP contribution >= 0.6 is 24.0 Å². The molecule has 0 bridgehead atoms. The molecule has 1 fully saturated rings. The number of nitrogens with zero attached hydrogens (tertiary/aromatic N) is 3. The van der Waals surface area contributed by atoms with Gasteiger partial charge in [-0.15, -0.1) is 24.0 Å². The largest absolute Gasteiger partial charge is 0.370 e. The lowest BCUT2D eigenvalue weighted by atomic mass is 10.0. The van der Waals surface area contributed by atoms with Crippen molar-refractivity contribution in [2.24, 2.45) is 16.6 Å². The van der Waals surface area contributed by atoms with Crippen molar-refractivity contribution in [3.8, 4) is 0 Å². The van der Waals surface area contributed by atoms with Gasteiger partial charge in [-0.05, 0) is 32.6 Å². The van der Waals surface area contributed by atoms with Crippen molar-refractivity contribution in [2.45, 2.75) is 40.2 Å². The fourth-order valence-electron chi connectivity index (χ4n) is 2.46. The Kier molecular flexibility index (Phi) is 6.09. The monoisotopic (exact) mass is 377 g/mol. The number of likely N-dealkylation sites (tertiary alicyclic amines) is 1. The van der Waals surface area contributed by atoms with Crippen LogP contribution in [0.1, 0.15) is 36.7 Å². The molecule has 1 aliphatic rings. The Labute approximate surface area is 132 Å². The van der Waals surface area contributed by atoms with Crippen LogP contribution in [0.4, 0.5) is 0 Å². The number of rotatable bonds is 2. The highest BCUT2D eigenvalue weighted by molar-refractivity contribution is 14.0. The number of aliphatic imine (C=N–C) groups is 1. The van der Waals surface area contributed by atoms with E-state index in [0.29, 0.717) is 18.4 Å². The summed E-state index contributed by atoms with van der Waals surface area (Å²) in [5.74, 6) is 1.38. The Morgan fingerprint density at radius 2 is 2.26 bits per heavy atom. The summed E-state index contributed by atoms with van der Waals surface area (Å²) in [7, 11) is 0. The van der Waals surface area contributed by atoms with E-state index in [1.807, 2.05) is 13.8 Å². The molecule has 1 aliphatic heterocycles. The topological polar surface area (TPSA) is 70.3 Å². The maximum atomic E-state index is 6.07. The van der Waals surface area contributed by atoms with Gasteiger partial charge in [0.05, 0.1) is 12.2 Å². The van der Waals surface area contributed by atoms with E-state index in [1.165, 1.54) is 12.8 Å². The van der Waals surface area contributed by atoms with Gasteiger partial charge in [0.1, 0.15) is 0 Å². The number of aryl methyl sites for hydroxylation is 2. The molecule has 0 aromatic carbocycles. The molecule has 1 aromatic heterocycles. The first-order valence-corrected chi connectivity index (χ1v) is 6.63. The van der Waals surface area contributed by atoms with Gasteiger partial charge in [-0.3, -0.25) is 5.10 Å². The minimum Gasteiger partial charge on any atom is -0.370 e. The van der Waals surface area contributed by atoms with Crippen LogP contribution in [0, 0.1) is 19.8 Å². The number of aromatic nitrogens is 2. The zero-order valence-corrected chi connectivity index (χ0v) is 14.3. The molecule has 0 radical (unpaired) electrons. The second-order valence-corrected chi connectivity index (χ2v) is 5.28. The fraction of sp³-hybridized carbons (Fsp3) is 0.692. The van der Waals surface area contributed by atoms with Crippen LogP contribution in [-0.2, 0) is 6.54 Å². The molecule has 1 atom stereocenters. The van der Waals surface area contributed by atoms with Gasteiger partial charge in [0.15, 0.2) is 5.96 Å². The molecule has 2 heterocycles. The highest BCUT2D eigenvalue weighted by Crippen LogP contribution is 2.15. The Morgan fingerprint density at radius 3 is 2.84 bits per heavy atom. The third kappa shape index (κ3) is 4.09. The van der Waals surface area contributed by atoms with Gasteiger partial charge in [0.25, 0.3) is 0 Å². The fourth-order valence-corrected chi connectivity index (χ4v) is 2.46. The van der Waals surface area contributed by atoms with E-state index in [1.54, 1.807) is 0 Å². The number of hydrogen-bond acceptors (Lipinski definition) is 2. The third-order valence-corrected chi connectivity index (χ3v) is 3.66. The van der Waals surface area contributed by atoms with E-state index in [4.69, 9.17) is 5.73 Å². The Morgan fingerprint density at radius 1 is 1.53 bits per heavy atom. The van der Waals surface area contributed by atoms with Gasteiger partial charge >= 0.3 is 0 Å². The lowest BCUT2D eigenvalue weighted by Gasteiger charge is -2.31. The summed E-state index contributed by atoms with van der Waals surface area (Å²) in [4.78, 5) is 6.70. The average molecular weight is 377 g/mol. The number of aromatic amines is 1. The van der Waals surface area contributed by atoms with Crippen LogP contribution in [0.5, 0.6) is 0 Å². The Bertz CT molecular complexity index is 421. The number of piperidine rings is 1. The number of nitrogens with two attached hydrogens (primary N) is 1. The minimum atomic E-state index is 0. The van der Waals surface area contributed by atoms with Crippen LogP contribution in [0.15, 0.2) is 4.99 Å². The second-order valence-electron chi connectivity index (χ2n) is 5.28. The number of hydrogen-bond donors (Lipinski definition) is 2. The number of guanidine groups is 1. The van der Waals surface area contributed by atoms with E-state index in [0.717, 1.165) is 30.0 Å². The zero-order valence-electron chi connectivity index (χ0n) is 11.9. The predicted octanol–water partition coefficient (Wildman–Crippen LogP) is 2.19. The van der Waals surface area contributed by atoms with Crippen molar-refractivity contribution in [3.63, 3.8) is 0 Å². The first-order valence-electron chi connectivity index (χ1n) is 6.63. The maximum Gasteiger partial charge on any atom is 0.191 e. The molecular formula is C13H24IN5. The highest BCUT2D eigenvalue weighted by Gasteiger charge is 2.17. The van der Waals surface area contributed by atoms with Crippen molar-refractivity contribution >= 4 is 29.9 Å². The summed E-state index contributed by atoms with van der Waals surface area (Å²) in [6.45, 7) is 8.95. The smallest absolute Gasteiger partial charge is 0.191 e. The molecule has 108 valence electrons.